The first-order valence-electron chi connectivity index (χ1n) is 60.3. The molecule has 0 unspecified atom stereocenters. The Kier molecular flexibility index (Phi) is 5.42. The van der Waals surface area contributed by atoms with E-state index in [0.717, 1.165) is 0 Å². The van der Waals surface area contributed by atoms with Gasteiger partial charge >= 0.3 is 0 Å². The molecule has 22 rings (SSSR count). The van der Waals surface area contributed by atoms with Gasteiger partial charge in [0.05, 0.1) is 82.2 Å². The van der Waals surface area contributed by atoms with Crippen LogP contribution in [0.1, 0.15) is 82.2 Å². The molecule has 0 fully saturated rings. The van der Waals surface area contributed by atoms with Crippen molar-refractivity contribution in [1.29, 1.82) is 0 Å². The molecular weight excluding hydrogens is 1230 g/mol. The molecule has 0 aliphatic rings. The van der Waals surface area contributed by atoms with Crippen molar-refractivity contribution in [1.82, 2.24) is 0 Å². The summed E-state index contributed by atoms with van der Waals surface area (Å²) in [5.74, 6) is 0. The van der Waals surface area contributed by atoms with Gasteiger partial charge < -0.3 is 8.83 Å². The van der Waals surface area contributed by atoms with Crippen LogP contribution in [0, 0.1) is 0 Å². The second-order valence-corrected chi connectivity index (χ2v) is 22.5. The minimum absolute atomic E-state index is 0.459. The molecule has 22 aromatic rings. The van der Waals surface area contributed by atoms with E-state index in [-0.39, 0.29) is 0 Å². The van der Waals surface area contributed by atoms with Crippen LogP contribution in [0.2, 0.25) is 0 Å². The highest BCUT2D eigenvalue weighted by molar-refractivity contribution is 6.25. The fourth-order valence-corrected chi connectivity index (χ4v) is 12.6. The lowest BCUT2D eigenvalue weighted by atomic mass is 9.85. The van der Waals surface area contributed by atoms with Crippen LogP contribution in [0.5, 0.6) is 0 Å². The van der Waals surface area contributed by atoms with Crippen LogP contribution in [0.25, 0.3) is 218 Å². The van der Waals surface area contributed by atoms with Gasteiger partial charge in [-0.15, -0.1) is 0 Å². The minimum Gasteiger partial charge on any atom is -0.456 e. The molecule has 472 valence electrons. The third kappa shape index (κ3) is 9.20. The first-order chi connectivity index (χ1) is 75.6. The summed E-state index contributed by atoms with van der Waals surface area (Å²) in [7, 11) is 0. The predicted molar refractivity (Wildman–Crippen MR) is 435 cm³/mol. The molecule has 0 radical (unpaired) electrons. The quantitative estimate of drug-likeness (QED) is 0.123. The summed E-state index contributed by atoms with van der Waals surface area (Å²) in [5.41, 5.74) is -12.1. The number of hydrogen-bond donors (Lipinski definition) is 0. The molecule has 0 aliphatic carbocycles. The molecule has 102 heavy (non-hydrogen) atoms. The normalized spacial score (nSPS) is 20.2. The van der Waals surface area contributed by atoms with E-state index in [2.05, 4.69) is 0 Å². The molecule has 2 heteroatoms. The van der Waals surface area contributed by atoms with E-state index in [9.17, 15) is 34.3 Å². The van der Waals surface area contributed by atoms with Crippen molar-refractivity contribution in [2.45, 2.75) is 0 Å². The Morgan fingerprint density at radius 1 is 0.147 bits per heavy atom. The fraction of sp³-hybridized carbons (Fsp3) is 0. The van der Waals surface area contributed by atoms with Gasteiger partial charge in [0, 0.05) is 21.5 Å². The van der Waals surface area contributed by atoms with Crippen LogP contribution >= 0.6 is 0 Å². The molecule has 2 aromatic heterocycles. The van der Waals surface area contributed by atoms with Gasteiger partial charge in [0.1, 0.15) is 22.3 Å². The summed E-state index contributed by atoms with van der Waals surface area (Å²) < 4.78 is 556. The van der Waals surface area contributed by atoms with Crippen molar-refractivity contribution in [2.75, 3.05) is 0 Å². The van der Waals surface area contributed by atoms with Gasteiger partial charge in [0.25, 0.3) is 0 Å². The van der Waals surface area contributed by atoms with Gasteiger partial charge in [-0.1, -0.05) is 308 Å². The van der Waals surface area contributed by atoms with Crippen LogP contribution in [-0.2, 0) is 0 Å². The van der Waals surface area contributed by atoms with Crippen molar-refractivity contribution in [3.8, 4) is 66.8 Å². The molecule has 0 saturated carbocycles. The van der Waals surface area contributed by atoms with E-state index in [1.165, 1.54) is 0 Å². The highest BCUT2D eigenvalue weighted by Crippen LogP contribution is 2.49. The van der Waals surface area contributed by atoms with Crippen molar-refractivity contribution >= 4 is 152 Å². The van der Waals surface area contributed by atoms with Gasteiger partial charge in [0.15, 0.2) is 0 Å². The van der Waals surface area contributed by atoms with E-state index in [1.807, 2.05) is 0 Å². The summed E-state index contributed by atoms with van der Waals surface area (Å²) >= 11 is 0. The standard InChI is InChI=1S/2C50H30O/c1-2-12-35-30-48-46(28-34(35)11-1)45-29-36(25-27-47(45)51-48)50-43-16-7-5-14-41(43)49(42-15-6-8-17-44(42)50)33-22-20-32(21-23-33)38-18-9-19-39-37-13-4-3-10-31(37)24-26-40(38)39;1-2-12-34-30-48-46(27-33(34)11-1)45-29-36(25-26-47(45)51-48)50-42-19-9-7-17-40(42)49(41-18-8-10-20-43(41)50)32-23-21-31(22-24-32)44-28-35-13-3-4-14-37(35)38-15-5-6-16-39(38)44/h2*1-30H/i2*1D,2D,3D,4D,5D,6D,7D,8D,9D,10D,11D,12D,13D,14D,15D,16D,17D,18D,19D,20D,21D,22D,23D,24D,25D,26D,27D,28D,29D,30D. The van der Waals surface area contributed by atoms with E-state index in [4.69, 9.17) is 56.8 Å². The van der Waals surface area contributed by atoms with Crippen molar-refractivity contribution < 1.29 is 91.1 Å². The Morgan fingerprint density at radius 3 is 0.882 bits per heavy atom. The summed E-state index contributed by atoms with van der Waals surface area (Å²) in [5, 5.41) is -14.8. The summed E-state index contributed by atoms with van der Waals surface area (Å²) in [6.07, 6.45) is 0. The average Bonchev–Trinajstić information content (AvgIpc) is 1.53. The molecule has 0 saturated heterocycles. The Labute approximate surface area is 671 Å². The zero-order chi connectivity index (χ0) is 119. The lowest BCUT2D eigenvalue weighted by molar-refractivity contribution is 0.669. The third-order valence-electron chi connectivity index (χ3n) is 17.0. The van der Waals surface area contributed by atoms with E-state index in [0.29, 0.717) is 0 Å². The maximum atomic E-state index is 9.87. The maximum Gasteiger partial charge on any atom is 0.136 e. The number of fused-ring (bicyclic) bond motifs is 18. The second kappa shape index (κ2) is 23.1. The van der Waals surface area contributed by atoms with Crippen LogP contribution in [0.15, 0.2) is 371 Å². The van der Waals surface area contributed by atoms with E-state index >= 15 is 0 Å². The predicted octanol–water partition coefficient (Wildman–Crippen LogP) is 28.7. The minimum atomic E-state index is -1.15. The van der Waals surface area contributed by atoms with Gasteiger partial charge in [-0.25, -0.2) is 0 Å². The Hall–Kier alpha value is -13.4. The lowest BCUT2D eigenvalue weighted by Crippen LogP contribution is -1.91. The molecule has 2 nitrogen and oxygen atoms in total. The molecule has 0 N–H and O–H groups in total. The number of hydrogen-bond acceptors (Lipinski definition) is 2. The Morgan fingerprint density at radius 2 is 0.441 bits per heavy atom. The third-order valence-corrected chi connectivity index (χ3v) is 17.0. The Bertz CT molecular complexity index is 10800. The molecular formula is C100H60O2. The topological polar surface area (TPSA) is 26.3 Å². The summed E-state index contributed by atoms with van der Waals surface area (Å²) in [4.78, 5) is 0. The van der Waals surface area contributed by atoms with Crippen molar-refractivity contribution in [3.63, 3.8) is 0 Å². The molecule has 0 atom stereocenters. The molecule has 0 aliphatic heterocycles. The fourth-order valence-electron chi connectivity index (χ4n) is 12.6. The van der Waals surface area contributed by atoms with Crippen molar-refractivity contribution in [3.05, 3.63) is 363 Å². The van der Waals surface area contributed by atoms with Crippen LogP contribution in [-0.4, -0.2) is 0 Å². The average molecular weight is 1350 g/mol. The zero-order valence-electron chi connectivity index (χ0n) is 111. The lowest BCUT2D eigenvalue weighted by Gasteiger charge is -2.18. The largest absolute Gasteiger partial charge is 0.456 e. The highest BCUT2D eigenvalue weighted by atomic mass is 16.3. The van der Waals surface area contributed by atoms with Crippen LogP contribution in [0.3, 0.4) is 0 Å². The van der Waals surface area contributed by atoms with Gasteiger partial charge in [-0.05, 0) is 229 Å². The molecule has 2 heterocycles. The van der Waals surface area contributed by atoms with Gasteiger partial charge in [-0.2, -0.15) is 0 Å². The second-order valence-electron chi connectivity index (χ2n) is 22.5. The molecule has 20 aromatic carbocycles. The van der Waals surface area contributed by atoms with Gasteiger partial charge in [0.2, 0.25) is 0 Å². The first-order valence-corrected chi connectivity index (χ1v) is 30.3. The van der Waals surface area contributed by atoms with Crippen LogP contribution < -0.4 is 0 Å². The van der Waals surface area contributed by atoms with Gasteiger partial charge in [-0.3, -0.25) is 0 Å². The first kappa shape index (κ1) is 23.9. The maximum absolute atomic E-state index is 9.87. The number of rotatable bonds is 6. The molecule has 0 spiro atoms. The van der Waals surface area contributed by atoms with E-state index < -0.39 is 581 Å². The molecule has 0 bridgehead atoms. The van der Waals surface area contributed by atoms with Crippen LogP contribution in [0.4, 0.5) is 0 Å². The number of benzene rings is 20. The number of furan rings is 2. The van der Waals surface area contributed by atoms with E-state index in [1.54, 1.807) is 0 Å². The Balaban J connectivity index is 0.000000186. The monoisotopic (exact) mass is 1350 g/mol. The summed E-state index contributed by atoms with van der Waals surface area (Å²) in [6.45, 7) is 0. The van der Waals surface area contributed by atoms with Crippen molar-refractivity contribution in [2.24, 2.45) is 0 Å². The smallest absolute Gasteiger partial charge is 0.136 e. The summed E-state index contributed by atoms with van der Waals surface area (Å²) in [6, 6.07) is -55.7. The molecule has 0 amide bonds. The highest BCUT2D eigenvalue weighted by Gasteiger charge is 2.22. The zero-order valence-corrected chi connectivity index (χ0v) is 50.8. The SMILES string of the molecule is [2H]c1c([2H])c(-c2c([2H])c([2H])c([2H])c3c2c([2H])c([2H])c2c([2H])c([2H])c([2H])c([2H])c23)c([2H])c([2H])c1-c1c2c([2H])c([2H])c([2H])c([2H])c2c(-c2c([2H])c([2H])c3oc4c([2H])c5c([2H])c([2H])c([2H])c([2H])c5c([2H])c4c3c2[2H])c2c([2H])c([2H])c([2H])c([2H])c12.[2H]c1c([2H])c(-c2c([2H])c3c([2H])c([2H])c([2H])c([2H])c3c3c([2H])c([2H])c([2H])c([2H])c23)c([2H])c([2H])c1-c1c2c([2H])c([2H])c([2H])c([2H])c2c(-c2c([2H])c([2H])c3oc4c([2H])c5c([2H])c([2H])c([2H])c([2H])c5c([2H])c4c3c2[2H])c2c([2H])c([2H])c([2H])c([2H])c12.